The van der Waals surface area contributed by atoms with Crippen molar-refractivity contribution in [3.8, 4) is 0 Å². The molecule has 0 spiro atoms. The Hall–Kier alpha value is -1.06. The molecule has 3 atom stereocenters. The maximum Gasteiger partial charge on any atom is 0.246 e. The zero-order valence-electron chi connectivity index (χ0n) is 13.2. The van der Waals surface area contributed by atoms with Crippen molar-refractivity contribution in [3.05, 3.63) is 0 Å². The highest BCUT2D eigenvalue weighted by Gasteiger charge is 2.44. The molecular formula is C16H28N2O2. The number of amides is 2. The van der Waals surface area contributed by atoms with Crippen molar-refractivity contribution in [1.29, 1.82) is 0 Å². The highest BCUT2D eigenvalue weighted by atomic mass is 16.2. The van der Waals surface area contributed by atoms with Gasteiger partial charge >= 0.3 is 0 Å². The molecule has 1 saturated heterocycles. The smallest absolute Gasteiger partial charge is 0.246 e. The highest BCUT2D eigenvalue weighted by molar-refractivity contribution is 5.97. The monoisotopic (exact) mass is 280 g/mol. The third kappa shape index (κ3) is 2.84. The summed E-state index contributed by atoms with van der Waals surface area (Å²) in [4.78, 5) is 26.9. The quantitative estimate of drug-likeness (QED) is 0.863. The van der Waals surface area contributed by atoms with Crippen molar-refractivity contribution in [2.45, 2.75) is 84.3 Å². The van der Waals surface area contributed by atoms with Gasteiger partial charge in [0, 0.05) is 6.04 Å². The fourth-order valence-corrected chi connectivity index (χ4v) is 3.78. The van der Waals surface area contributed by atoms with Crippen LogP contribution in [0, 0.1) is 5.41 Å². The van der Waals surface area contributed by atoms with E-state index in [1.165, 1.54) is 6.42 Å². The Morgan fingerprint density at radius 2 is 1.95 bits per heavy atom. The second kappa shape index (κ2) is 5.74. The molecule has 2 aliphatic rings. The third-order valence-corrected chi connectivity index (χ3v) is 4.87. The third-order valence-electron chi connectivity index (χ3n) is 4.87. The Labute approximate surface area is 122 Å². The summed E-state index contributed by atoms with van der Waals surface area (Å²) < 4.78 is 0. The molecule has 1 aliphatic heterocycles. The van der Waals surface area contributed by atoms with Crippen LogP contribution in [0.1, 0.15) is 66.2 Å². The van der Waals surface area contributed by atoms with E-state index in [9.17, 15) is 9.59 Å². The summed E-state index contributed by atoms with van der Waals surface area (Å²) in [5, 5.41) is 2.88. The Morgan fingerprint density at radius 1 is 1.25 bits per heavy atom. The number of rotatable bonds is 3. The van der Waals surface area contributed by atoms with E-state index in [1.807, 2.05) is 18.7 Å². The van der Waals surface area contributed by atoms with Gasteiger partial charge in [-0.25, -0.2) is 0 Å². The van der Waals surface area contributed by atoms with Gasteiger partial charge in [0.2, 0.25) is 11.8 Å². The van der Waals surface area contributed by atoms with E-state index >= 15 is 0 Å². The second-order valence-electron chi connectivity index (χ2n) is 7.05. The van der Waals surface area contributed by atoms with E-state index < -0.39 is 0 Å². The predicted molar refractivity (Wildman–Crippen MR) is 79.2 cm³/mol. The summed E-state index contributed by atoms with van der Waals surface area (Å²) in [7, 11) is 0. The summed E-state index contributed by atoms with van der Waals surface area (Å²) in [6.45, 7) is 8.49. The van der Waals surface area contributed by atoms with Crippen LogP contribution in [0.5, 0.6) is 0 Å². The topological polar surface area (TPSA) is 49.4 Å². The fourth-order valence-electron chi connectivity index (χ4n) is 3.78. The lowest BCUT2D eigenvalue weighted by molar-refractivity contribution is -0.154. The molecule has 2 fully saturated rings. The molecule has 2 amide bonds. The maximum atomic E-state index is 12.7. The standard InChI is InChI=1S/C16H28N2O2/c1-5-12-15(20)18(13(6-2)14(19)17-12)11-8-7-9-16(3,4)10-11/h11-13H,5-10H2,1-4H3,(H,17,19). The lowest BCUT2D eigenvalue weighted by Gasteiger charge is -2.47. The van der Waals surface area contributed by atoms with Crippen LogP contribution in [-0.2, 0) is 9.59 Å². The number of hydrogen-bond acceptors (Lipinski definition) is 2. The van der Waals surface area contributed by atoms with Crippen LogP contribution < -0.4 is 5.32 Å². The molecule has 0 aromatic carbocycles. The van der Waals surface area contributed by atoms with Crippen LogP contribution in [-0.4, -0.2) is 34.8 Å². The predicted octanol–water partition coefficient (Wildman–Crippen LogP) is 2.47. The number of carbonyl (C=O) groups excluding carboxylic acids is 2. The summed E-state index contributed by atoms with van der Waals surface area (Å²) in [5.74, 6) is 0.156. The van der Waals surface area contributed by atoms with Crippen molar-refractivity contribution in [3.63, 3.8) is 0 Å². The van der Waals surface area contributed by atoms with E-state index in [4.69, 9.17) is 0 Å². The van der Waals surface area contributed by atoms with Gasteiger partial charge in [0.25, 0.3) is 0 Å². The van der Waals surface area contributed by atoms with E-state index in [0.29, 0.717) is 12.8 Å². The minimum absolute atomic E-state index is 0.0299. The molecule has 1 heterocycles. The van der Waals surface area contributed by atoms with E-state index in [0.717, 1.165) is 19.3 Å². The van der Waals surface area contributed by atoms with Gasteiger partial charge in [0.1, 0.15) is 12.1 Å². The van der Waals surface area contributed by atoms with Crippen molar-refractivity contribution in [2.75, 3.05) is 0 Å². The van der Waals surface area contributed by atoms with Gasteiger partial charge in [-0.15, -0.1) is 0 Å². The van der Waals surface area contributed by atoms with Gasteiger partial charge in [-0.1, -0.05) is 34.1 Å². The molecule has 0 aromatic rings. The first-order valence-electron chi connectivity index (χ1n) is 8.02. The molecule has 20 heavy (non-hydrogen) atoms. The Kier molecular flexibility index (Phi) is 4.40. The van der Waals surface area contributed by atoms with Gasteiger partial charge in [-0.2, -0.15) is 0 Å². The molecule has 2 rings (SSSR count). The molecule has 0 aromatic heterocycles. The molecular weight excluding hydrogens is 252 g/mol. The Morgan fingerprint density at radius 3 is 2.50 bits per heavy atom. The van der Waals surface area contributed by atoms with Crippen molar-refractivity contribution in [1.82, 2.24) is 10.2 Å². The van der Waals surface area contributed by atoms with E-state index in [2.05, 4.69) is 19.2 Å². The van der Waals surface area contributed by atoms with Crippen LogP contribution >= 0.6 is 0 Å². The average Bonchev–Trinajstić information content (AvgIpc) is 2.39. The fraction of sp³-hybridized carbons (Fsp3) is 0.875. The van der Waals surface area contributed by atoms with Crippen molar-refractivity contribution >= 4 is 11.8 Å². The molecule has 1 aliphatic carbocycles. The molecule has 0 radical (unpaired) electrons. The number of piperazine rings is 1. The number of nitrogens with one attached hydrogen (secondary N) is 1. The summed E-state index contributed by atoms with van der Waals surface area (Å²) in [6.07, 6.45) is 5.79. The first-order chi connectivity index (χ1) is 9.39. The lowest BCUT2D eigenvalue weighted by Crippen LogP contribution is -2.66. The van der Waals surface area contributed by atoms with Crippen LogP contribution in [0.3, 0.4) is 0 Å². The summed E-state index contributed by atoms with van der Waals surface area (Å²) in [5.41, 5.74) is 0.275. The molecule has 0 bridgehead atoms. The number of carbonyl (C=O) groups is 2. The summed E-state index contributed by atoms with van der Waals surface area (Å²) >= 11 is 0. The molecule has 4 heteroatoms. The van der Waals surface area contributed by atoms with Gasteiger partial charge in [-0.3, -0.25) is 9.59 Å². The SMILES string of the molecule is CCC1NC(=O)C(CC)N(C2CCCC(C)(C)C2)C1=O. The molecule has 1 N–H and O–H groups in total. The Balaban J connectivity index is 2.24. The van der Waals surface area contributed by atoms with Crippen LogP contribution in [0.4, 0.5) is 0 Å². The van der Waals surface area contributed by atoms with Crippen molar-refractivity contribution in [2.24, 2.45) is 5.41 Å². The number of hydrogen-bond donors (Lipinski definition) is 1. The van der Waals surface area contributed by atoms with Gasteiger partial charge in [0.05, 0.1) is 0 Å². The zero-order valence-corrected chi connectivity index (χ0v) is 13.2. The molecule has 4 nitrogen and oxygen atoms in total. The summed E-state index contributed by atoms with van der Waals surface area (Å²) in [6, 6.07) is -0.365. The first kappa shape index (κ1) is 15.3. The zero-order chi connectivity index (χ0) is 14.9. The molecule has 1 saturated carbocycles. The second-order valence-corrected chi connectivity index (χ2v) is 7.05. The largest absolute Gasteiger partial charge is 0.343 e. The minimum Gasteiger partial charge on any atom is -0.343 e. The number of nitrogens with zero attached hydrogens (tertiary/aromatic N) is 1. The maximum absolute atomic E-state index is 12.7. The van der Waals surface area contributed by atoms with E-state index in [-0.39, 0.29) is 35.4 Å². The Bertz CT molecular complexity index is 392. The highest BCUT2D eigenvalue weighted by Crippen LogP contribution is 2.38. The van der Waals surface area contributed by atoms with Gasteiger partial charge in [0.15, 0.2) is 0 Å². The van der Waals surface area contributed by atoms with Crippen LogP contribution in [0.2, 0.25) is 0 Å². The van der Waals surface area contributed by atoms with Gasteiger partial charge < -0.3 is 10.2 Å². The average molecular weight is 280 g/mol. The van der Waals surface area contributed by atoms with Crippen molar-refractivity contribution < 1.29 is 9.59 Å². The van der Waals surface area contributed by atoms with E-state index in [1.54, 1.807) is 0 Å². The van der Waals surface area contributed by atoms with Gasteiger partial charge in [-0.05, 0) is 37.5 Å². The minimum atomic E-state index is -0.324. The van der Waals surface area contributed by atoms with Crippen LogP contribution in [0.25, 0.3) is 0 Å². The normalized spacial score (nSPS) is 34.0. The molecule has 3 unspecified atom stereocenters. The lowest BCUT2D eigenvalue weighted by atomic mass is 9.74. The molecule has 114 valence electrons. The first-order valence-corrected chi connectivity index (χ1v) is 8.02. The van der Waals surface area contributed by atoms with Crippen LogP contribution in [0.15, 0.2) is 0 Å².